The van der Waals surface area contributed by atoms with Gasteiger partial charge in [-0.25, -0.2) is 0 Å². The average molecular weight is 405 g/mol. The second kappa shape index (κ2) is 8.06. The summed E-state index contributed by atoms with van der Waals surface area (Å²) in [4.78, 5) is 0. The molecule has 152 valence electrons. The fourth-order valence-corrected chi connectivity index (χ4v) is 9.47. The molecule has 1 atom stereocenters. The zero-order valence-corrected chi connectivity index (χ0v) is 18.9. The summed E-state index contributed by atoms with van der Waals surface area (Å²) in [5, 5.41) is 2.64. The Morgan fingerprint density at radius 2 is 1.59 bits per heavy atom. The monoisotopic (exact) mass is 404 g/mol. The van der Waals surface area contributed by atoms with Crippen molar-refractivity contribution in [3.63, 3.8) is 0 Å². The Morgan fingerprint density at radius 1 is 0.966 bits per heavy atom. The molecule has 1 heterocycles. The largest absolute Gasteiger partial charge is 0.403 e. The molecule has 1 aliphatic heterocycles. The lowest BCUT2D eigenvalue weighted by atomic mass is 9.84. The Morgan fingerprint density at radius 3 is 2.10 bits per heavy atom. The molecule has 1 aliphatic carbocycles. The van der Waals surface area contributed by atoms with E-state index < -0.39 is 8.32 Å². The van der Waals surface area contributed by atoms with Crippen LogP contribution in [0.4, 0.5) is 0 Å². The third kappa shape index (κ3) is 3.68. The van der Waals surface area contributed by atoms with Gasteiger partial charge in [0.15, 0.2) is 0 Å². The third-order valence-corrected chi connectivity index (χ3v) is 11.4. The van der Waals surface area contributed by atoms with E-state index in [-0.39, 0.29) is 10.6 Å². The lowest BCUT2D eigenvalue weighted by Gasteiger charge is -2.44. The maximum atomic E-state index is 7.15. The second-order valence-electron chi connectivity index (χ2n) is 9.18. The van der Waals surface area contributed by atoms with Crippen molar-refractivity contribution in [1.29, 1.82) is 0 Å². The Hall–Kier alpha value is -1.94. The molecule has 2 nitrogen and oxygen atoms in total. The molecule has 3 heteroatoms. The topological polar surface area (TPSA) is 18.5 Å². The van der Waals surface area contributed by atoms with Crippen LogP contribution in [-0.2, 0) is 9.16 Å². The van der Waals surface area contributed by atoms with Gasteiger partial charge in [0.1, 0.15) is 5.60 Å². The van der Waals surface area contributed by atoms with Gasteiger partial charge in [0.2, 0.25) is 0 Å². The molecule has 0 fully saturated rings. The summed E-state index contributed by atoms with van der Waals surface area (Å²) < 4.78 is 13.4. The van der Waals surface area contributed by atoms with Crippen LogP contribution in [0.3, 0.4) is 0 Å². The highest BCUT2D eigenvalue weighted by Crippen LogP contribution is 2.40. The summed E-state index contributed by atoms with van der Waals surface area (Å²) in [5.41, 5.74) is 1.05. The van der Waals surface area contributed by atoms with E-state index in [1.165, 1.54) is 22.4 Å². The molecule has 1 spiro atoms. The van der Waals surface area contributed by atoms with E-state index in [0.717, 1.165) is 12.8 Å². The lowest BCUT2D eigenvalue weighted by molar-refractivity contribution is 0.0356. The van der Waals surface area contributed by atoms with Crippen molar-refractivity contribution in [3.8, 4) is 0 Å². The van der Waals surface area contributed by atoms with Crippen molar-refractivity contribution in [2.45, 2.75) is 50.7 Å². The van der Waals surface area contributed by atoms with Crippen LogP contribution >= 0.6 is 0 Å². The SMILES string of the molecule is CC(C)(C)[Si](OCC1=CCCC[C@@]12C=CCO2)(c1ccccc1)c1ccccc1. The van der Waals surface area contributed by atoms with Crippen molar-refractivity contribution >= 4 is 18.7 Å². The van der Waals surface area contributed by atoms with Crippen molar-refractivity contribution in [3.05, 3.63) is 84.5 Å². The minimum Gasteiger partial charge on any atom is -0.403 e. The molecule has 2 aromatic rings. The molecule has 0 saturated heterocycles. The summed E-state index contributed by atoms with van der Waals surface area (Å²) in [6.07, 6.45) is 10.1. The van der Waals surface area contributed by atoms with Crippen molar-refractivity contribution in [2.24, 2.45) is 0 Å². The standard InChI is InChI=1S/C26H32O2Si/c1-25(2,3)29(23-14-6-4-7-15-23,24-16-8-5-9-17-24)28-21-22-13-10-11-18-26(22)19-12-20-27-26/h4-9,12-17,19H,10-11,18,20-21H2,1-3H3/t26-/m1/s1. The molecule has 0 bridgehead atoms. The number of hydrogen-bond acceptors (Lipinski definition) is 2. The average Bonchev–Trinajstić information content (AvgIpc) is 3.19. The summed E-state index contributed by atoms with van der Waals surface area (Å²) in [5.74, 6) is 0. The molecule has 0 amide bonds. The minimum absolute atomic E-state index is 0.00946. The van der Waals surface area contributed by atoms with Crippen LogP contribution in [0.2, 0.25) is 5.04 Å². The van der Waals surface area contributed by atoms with E-state index in [1.54, 1.807) is 0 Å². The summed E-state index contributed by atoms with van der Waals surface area (Å²) in [7, 11) is -2.52. The van der Waals surface area contributed by atoms with Gasteiger partial charge in [0.25, 0.3) is 8.32 Å². The van der Waals surface area contributed by atoms with Crippen molar-refractivity contribution < 1.29 is 9.16 Å². The first kappa shape index (κ1) is 20.3. The molecule has 2 aromatic carbocycles. The Kier molecular flexibility index (Phi) is 5.65. The van der Waals surface area contributed by atoms with Gasteiger partial charge in [-0.2, -0.15) is 0 Å². The van der Waals surface area contributed by atoms with Crippen LogP contribution in [0.1, 0.15) is 40.0 Å². The first-order valence-electron chi connectivity index (χ1n) is 10.7. The molecule has 4 rings (SSSR count). The highest BCUT2D eigenvalue weighted by molar-refractivity contribution is 6.99. The molecule has 0 saturated carbocycles. The molecule has 2 aliphatic rings. The molecule has 29 heavy (non-hydrogen) atoms. The number of ether oxygens (including phenoxy) is 1. The molecule has 0 N–H and O–H groups in total. The predicted molar refractivity (Wildman–Crippen MR) is 123 cm³/mol. The summed E-state index contributed by atoms with van der Waals surface area (Å²) in [6.45, 7) is 8.32. The Labute approximate surface area is 176 Å². The normalized spacial score (nSPS) is 22.1. The molecule has 0 aromatic heterocycles. The second-order valence-corrected chi connectivity index (χ2v) is 13.5. The smallest absolute Gasteiger partial charge is 0.261 e. The van der Waals surface area contributed by atoms with Gasteiger partial charge in [-0.05, 0) is 40.2 Å². The first-order chi connectivity index (χ1) is 14.0. The van der Waals surface area contributed by atoms with Gasteiger partial charge in [0.05, 0.1) is 13.2 Å². The fraction of sp³-hybridized carbons (Fsp3) is 0.385. The van der Waals surface area contributed by atoms with E-state index in [0.29, 0.717) is 13.2 Å². The summed E-state index contributed by atoms with van der Waals surface area (Å²) in [6, 6.07) is 21.7. The van der Waals surface area contributed by atoms with E-state index in [2.05, 4.69) is 99.7 Å². The Balaban J connectivity index is 1.77. The van der Waals surface area contributed by atoms with Gasteiger partial charge in [-0.1, -0.05) is 99.7 Å². The number of rotatable bonds is 5. The zero-order valence-electron chi connectivity index (χ0n) is 17.9. The third-order valence-electron chi connectivity index (χ3n) is 6.37. The van der Waals surface area contributed by atoms with Crippen molar-refractivity contribution in [2.75, 3.05) is 13.2 Å². The highest BCUT2D eigenvalue weighted by atomic mass is 28.4. The first-order valence-corrected chi connectivity index (χ1v) is 12.6. The van der Waals surface area contributed by atoms with E-state index in [1.807, 2.05) is 0 Å². The van der Waals surface area contributed by atoms with Crippen LogP contribution < -0.4 is 10.4 Å². The van der Waals surface area contributed by atoms with Gasteiger partial charge in [0, 0.05) is 0 Å². The van der Waals surface area contributed by atoms with E-state index >= 15 is 0 Å². The lowest BCUT2D eigenvalue weighted by Crippen LogP contribution is -2.67. The van der Waals surface area contributed by atoms with Crippen LogP contribution in [0.5, 0.6) is 0 Å². The molecule has 0 unspecified atom stereocenters. The van der Waals surface area contributed by atoms with E-state index in [4.69, 9.17) is 9.16 Å². The highest BCUT2D eigenvalue weighted by Gasteiger charge is 2.51. The van der Waals surface area contributed by atoms with Crippen LogP contribution in [-0.4, -0.2) is 27.1 Å². The van der Waals surface area contributed by atoms with Crippen LogP contribution in [0, 0.1) is 0 Å². The molecular weight excluding hydrogens is 372 g/mol. The maximum absolute atomic E-state index is 7.15. The fourth-order valence-electron chi connectivity index (χ4n) is 4.94. The Bertz CT molecular complexity index is 840. The predicted octanol–water partition coefficient (Wildman–Crippen LogP) is 5.00. The van der Waals surface area contributed by atoms with Crippen molar-refractivity contribution in [1.82, 2.24) is 0 Å². The summed E-state index contributed by atoms with van der Waals surface area (Å²) >= 11 is 0. The van der Waals surface area contributed by atoms with Gasteiger partial charge in [-0.15, -0.1) is 0 Å². The number of benzene rings is 2. The zero-order chi connectivity index (χ0) is 20.4. The van der Waals surface area contributed by atoms with E-state index in [9.17, 15) is 0 Å². The van der Waals surface area contributed by atoms with Gasteiger partial charge < -0.3 is 9.16 Å². The van der Waals surface area contributed by atoms with Crippen LogP contribution in [0.25, 0.3) is 0 Å². The van der Waals surface area contributed by atoms with Gasteiger partial charge >= 0.3 is 0 Å². The quantitative estimate of drug-likeness (QED) is 0.516. The minimum atomic E-state index is -2.52. The number of allylic oxidation sites excluding steroid dienone is 1. The van der Waals surface area contributed by atoms with Crippen LogP contribution in [0.15, 0.2) is 84.5 Å². The molecular formula is C26H32O2Si. The number of hydrogen-bond donors (Lipinski definition) is 0. The molecule has 0 radical (unpaired) electrons. The maximum Gasteiger partial charge on any atom is 0.261 e. The van der Waals surface area contributed by atoms with Gasteiger partial charge in [-0.3, -0.25) is 0 Å².